The number of piperidine rings is 1. The van der Waals surface area contributed by atoms with E-state index in [-0.39, 0.29) is 6.04 Å². The Kier molecular flexibility index (Phi) is 4.72. The predicted molar refractivity (Wildman–Crippen MR) is 70.0 cm³/mol. The highest BCUT2D eigenvalue weighted by atomic mass is 32.2. The largest absolute Gasteiger partial charge is 0.306 e. The maximum Gasteiger partial charge on any atom is 0.280 e. The fraction of sp³-hybridized carbons (Fsp3) is 0.909. The van der Waals surface area contributed by atoms with Crippen LogP contribution in [-0.4, -0.2) is 56.4 Å². The van der Waals surface area contributed by atoms with E-state index in [1.54, 1.807) is 13.8 Å². The van der Waals surface area contributed by atoms with Crippen molar-refractivity contribution in [1.29, 1.82) is 5.26 Å². The Balaban J connectivity index is 2.84. The van der Waals surface area contributed by atoms with Crippen LogP contribution in [0.2, 0.25) is 0 Å². The molecule has 0 spiro atoms. The van der Waals surface area contributed by atoms with E-state index in [0.29, 0.717) is 12.8 Å². The Morgan fingerprint density at radius 1 is 1.39 bits per heavy atom. The first-order valence-electron chi connectivity index (χ1n) is 6.09. The minimum Gasteiger partial charge on any atom is -0.306 e. The van der Waals surface area contributed by atoms with E-state index in [2.05, 4.69) is 15.7 Å². The number of nitrogens with one attached hydrogen (secondary N) is 1. The van der Waals surface area contributed by atoms with Gasteiger partial charge in [0, 0.05) is 26.2 Å². The summed E-state index contributed by atoms with van der Waals surface area (Å²) in [6, 6.07) is 2.01. The van der Waals surface area contributed by atoms with Crippen LogP contribution in [-0.2, 0) is 10.2 Å². The number of nitriles is 1. The van der Waals surface area contributed by atoms with E-state index in [4.69, 9.17) is 0 Å². The molecule has 1 rings (SSSR count). The van der Waals surface area contributed by atoms with Crippen LogP contribution >= 0.6 is 0 Å². The minimum atomic E-state index is -3.60. The molecule has 0 saturated carbocycles. The minimum absolute atomic E-state index is 0.135. The van der Waals surface area contributed by atoms with Gasteiger partial charge in [-0.05, 0) is 33.7 Å². The summed E-state index contributed by atoms with van der Waals surface area (Å²) in [5, 5.41) is 9.30. The van der Waals surface area contributed by atoms with Crippen LogP contribution in [0.4, 0.5) is 0 Å². The van der Waals surface area contributed by atoms with Gasteiger partial charge in [0.25, 0.3) is 10.2 Å². The molecule has 0 unspecified atom stereocenters. The van der Waals surface area contributed by atoms with Crippen molar-refractivity contribution in [2.45, 2.75) is 38.3 Å². The molecule has 0 aromatic carbocycles. The van der Waals surface area contributed by atoms with Gasteiger partial charge in [0.05, 0.1) is 6.07 Å². The van der Waals surface area contributed by atoms with Crippen molar-refractivity contribution in [1.82, 2.24) is 13.9 Å². The molecular formula is C11H22N4O2S. The summed E-state index contributed by atoms with van der Waals surface area (Å²) in [5.41, 5.74) is -0.964. The van der Waals surface area contributed by atoms with E-state index in [9.17, 15) is 13.7 Å². The van der Waals surface area contributed by atoms with Crippen LogP contribution in [0.25, 0.3) is 0 Å². The average Bonchev–Trinajstić information content (AvgIpc) is 2.31. The number of rotatable bonds is 4. The summed E-state index contributed by atoms with van der Waals surface area (Å²) in [6.07, 6.45) is 1.04. The smallest absolute Gasteiger partial charge is 0.280 e. The number of hydrogen-bond donors (Lipinski definition) is 1. The summed E-state index contributed by atoms with van der Waals surface area (Å²) >= 11 is 0. The van der Waals surface area contributed by atoms with E-state index in [1.165, 1.54) is 11.4 Å². The predicted octanol–water partition coefficient (Wildman–Crippen LogP) is 0.149. The lowest BCUT2D eigenvalue weighted by molar-refractivity contribution is 0.210. The topological polar surface area (TPSA) is 76.4 Å². The van der Waals surface area contributed by atoms with Crippen molar-refractivity contribution in [3.8, 4) is 6.07 Å². The molecule has 6 nitrogen and oxygen atoms in total. The van der Waals surface area contributed by atoms with Gasteiger partial charge in [-0.3, -0.25) is 0 Å². The van der Waals surface area contributed by atoms with E-state index < -0.39 is 15.7 Å². The van der Waals surface area contributed by atoms with Crippen molar-refractivity contribution >= 4 is 10.2 Å². The van der Waals surface area contributed by atoms with Crippen LogP contribution in [0.5, 0.6) is 0 Å². The summed E-state index contributed by atoms with van der Waals surface area (Å²) in [6.45, 7) is 5.04. The van der Waals surface area contributed by atoms with Crippen molar-refractivity contribution in [3.05, 3.63) is 0 Å². The van der Waals surface area contributed by atoms with E-state index >= 15 is 0 Å². The molecule has 0 amide bonds. The quantitative estimate of drug-likeness (QED) is 0.791. The molecule has 1 saturated heterocycles. The van der Waals surface area contributed by atoms with Gasteiger partial charge in [-0.25, -0.2) is 0 Å². The molecule has 0 aromatic heterocycles. The molecule has 0 aliphatic carbocycles. The number of hydrogen-bond acceptors (Lipinski definition) is 4. The fourth-order valence-corrected chi connectivity index (χ4v) is 3.28. The second-order valence-corrected chi connectivity index (χ2v) is 6.94. The summed E-state index contributed by atoms with van der Waals surface area (Å²) < 4.78 is 28.1. The van der Waals surface area contributed by atoms with Gasteiger partial charge in [-0.2, -0.15) is 22.7 Å². The monoisotopic (exact) mass is 274 g/mol. The molecular weight excluding hydrogens is 252 g/mol. The fourth-order valence-electron chi connectivity index (χ4n) is 1.83. The second-order valence-electron chi connectivity index (χ2n) is 5.21. The lowest BCUT2D eigenvalue weighted by atomic mass is 9.91. The van der Waals surface area contributed by atoms with Gasteiger partial charge in [-0.1, -0.05) is 0 Å². The van der Waals surface area contributed by atoms with Crippen molar-refractivity contribution in [2.75, 3.05) is 27.2 Å². The Bertz CT molecular complexity index is 419. The molecule has 0 radical (unpaired) electrons. The highest BCUT2D eigenvalue weighted by Gasteiger charge is 2.39. The molecule has 0 aromatic rings. The molecule has 18 heavy (non-hydrogen) atoms. The Morgan fingerprint density at radius 3 is 2.28 bits per heavy atom. The van der Waals surface area contributed by atoms with E-state index in [0.717, 1.165) is 13.1 Å². The van der Waals surface area contributed by atoms with Crippen molar-refractivity contribution in [2.24, 2.45) is 0 Å². The molecule has 0 atom stereocenters. The van der Waals surface area contributed by atoms with Gasteiger partial charge in [0.1, 0.15) is 5.54 Å². The first-order chi connectivity index (χ1) is 8.22. The van der Waals surface area contributed by atoms with Crippen molar-refractivity contribution < 1.29 is 8.42 Å². The van der Waals surface area contributed by atoms with Gasteiger partial charge in [-0.15, -0.1) is 0 Å². The average molecular weight is 274 g/mol. The third kappa shape index (κ3) is 3.42. The Hall–Kier alpha value is -0.680. The third-order valence-electron chi connectivity index (χ3n) is 3.49. The van der Waals surface area contributed by atoms with Gasteiger partial charge < -0.3 is 4.90 Å². The molecule has 1 heterocycles. The first kappa shape index (κ1) is 15.4. The summed E-state index contributed by atoms with van der Waals surface area (Å²) in [5.74, 6) is 0. The molecule has 1 aliphatic heterocycles. The van der Waals surface area contributed by atoms with Gasteiger partial charge in [0.15, 0.2) is 0 Å². The van der Waals surface area contributed by atoms with Crippen LogP contribution in [0.15, 0.2) is 0 Å². The number of nitrogens with zero attached hydrogens (tertiary/aromatic N) is 3. The maximum absolute atomic E-state index is 12.1. The standard InChI is InChI=1S/C11H22N4O2S/c1-10(2)15(4)18(16,17)13-11(9-12)5-7-14(3)8-6-11/h10,13H,5-8H2,1-4H3. The lowest BCUT2D eigenvalue weighted by Gasteiger charge is -2.37. The van der Waals surface area contributed by atoms with E-state index in [1.807, 2.05) is 7.05 Å². The van der Waals surface area contributed by atoms with Gasteiger partial charge >= 0.3 is 0 Å². The molecule has 104 valence electrons. The second kappa shape index (κ2) is 5.53. The van der Waals surface area contributed by atoms with Crippen LogP contribution in [0.3, 0.4) is 0 Å². The Morgan fingerprint density at radius 2 is 1.89 bits per heavy atom. The molecule has 0 bridgehead atoms. The molecule has 1 aliphatic rings. The van der Waals surface area contributed by atoms with Crippen molar-refractivity contribution in [3.63, 3.8) is 0 Å². The van der Waals surface area contributed by atoms with Crippen LogP contribution in [0.1, 0.15) is 26.7 Å². The summed E-state index contributed by atoms with van der Waals surface area (Å²) in [7, 11) is -0.116. The van der Waals surface area contributed by atoms with Crippen LogP contribution in [0, 0.1) is 11.3 Å². The first-order valence-corrected chi connectivity index (χ1v) is 7.53. The molecule has 7 heteroatoms. The highest BCUT2D eigenvalue weighted by Crippen LogP contribution is 2.22. The lowest BCUT2D eigenvalue weighted by Crippen LogP contribution is -2.57. The zero-order chi connectivity index (χ0) is 14.0. The van der Waals surface area contributed by atoms with Crippen LogP contribution < -0.4 is 4.72 Å². The maximum atomic E-state index is 12.1. The SMILES string of the molecule is CC(C)N(C)S(=O)(=O)NC1(C#N)CCN(C)CC1. The number of likely N-dealkylation sites (tertiary alicyclic amines) is 1. The normalized spacial score (nSPS) is 21.2. The highest BCUT2D eigenvalue weighted by molar-refractivity contribution is 7.87. The third-order valence-corrected chi connectivity index (χ3v) is 5.31. The molecule has 1 N–H and O–H groups in total. The zero-order valence-corrected chi connectivity index (χ0v) is 12.3. The van der Waals surface area contributed by atoms with Gasteiger partial charge in [0.2, 0.25) is 0 Å². The molecule has 1 fully saturated rings. The Labute approximate surface area is 110 Å². The summed E-state index contributed by atoms with van der Waals surface area (Å²) in [4.78, 5) is 2.09. The zero-order valence-electron chi connectivity index (χ0n) is 11.5.